The minimum absolute atomic E-state index is 0.0373. The third-order valence-corrected chi connectivity index (χ3v) is 4.55. The van der Waals surface area contributed by atoms with Gasteiger partial charge in [-0.3, -0.25) is 14.9 Å². The Morgan fingerprint density at radius 2 is 1.67 bits per heavy atom. The van der Waals surface area contributed by atoms with E-state index in [1.165, 1.54) is 0 Å². The van der Waals surface area contributed by atoms with E-state index in [4.69, 9.17) is 32.7 Å². The maximum atomic E-state index is 12.1. The zero-order chi connectivity index (χ0) is 21.9. The lowest BCUT2D eigenvalue weighted by Gasteiger charge is -2.14. The van der Waals surface area contributed by atoms with Crippen molar-refractivity contribution in [1.82, 2.24) is 0 Å². The first-order valence-corrected chi connectivity index (χ1v) is 9.84. The highest BCUT2D eigenvalue weighted by Gasteiger charge is 2.14. The maximum Gasteiger partial charge on any atom is 0.344 e. The molecule has 0 aliphatic carbocycles. The number of hydrogen-bond acceptors (Lipinski definition) is 7. The van der Waals surface area contributed by atoms with E-state index < -0.39 is 23.5 Å². The van der Waals surface area contributed by atoms with Gasteiger partial charge in [0.2, 0.25) is 6.54 Å². The predicted molar refractivity (Wildman–Crippen MR) is 113 cm³/mol. The fraction of sp³-hybridized carbons (Fsp3) is 0.300. The summed E-state index contributed by atoms with van der Waals surface area (Å²) < 4.78 is 9.83. The highest BCUT2D eigenvalue weighted by Crippen LogP contribution is 2.33. The zero-order valence-corrected chi connectivity index (χ0v) is 17.4. The molecule has 0 atom stereocenters. The van der Waals surface area contributed by atoms with Crippen LogP contribution in [-0.4, -0.2) is 36.6 Å². The lowest BCUT2D eigenvalue weighted by atomic mass is 10.1. The Morgan fingerprint density at radius 3 is 2.37 bits per heavy atom. The van der Waals surface area contributed by atoms with Crippen molar-refractivity contribution in [1.29, 1.82) is 0 Å². The number of carbonyl (C=O) groups excluding carboxylic acids is 2. The van der Waals surface area contributed by atoms with Crippen molar-refractivity contribution >= 4 is 46.5 Å². The van der Waals surface area contributed by atoms with E-state index in [1.54, 1.807) is 42.5 Å². The number of ether oxygens (including phenoxy) is 2. The number of nitrogens with zero attached hydrogens (tertiary/aromatic N) is 1. The monoisotopic (exact) mass is 454 g/mol. The lowest BCUT2D eigenvalue weighted by molar-refractivity contribution is -0.480. The second-order valence-corrected chi connectivity index (χ2v) is 7.01. The Kier molecular flexibility index (Phi) is 9.37. The molecule has 0 saturated carbocycles. The molecular weight excluding hydrogens is 435 g/mol. The number of para-hydroxylation sites is 2. The number of benzene rings is 2. The molecule has 0 aliphatic rings. The maximum absolute atomic E-state index is 12.1. The van der Waals surface area contributed by atoms with Gasteiger partial charge in [-0.05, 0) is 30.2 Å². The number of esters is 2. The average Bonchev–Trinajstić information content (AvgIpc) is 2.70. The summed E-state index contributed by atoms with van der Waals surface area (Å²) in [6.07, 6.45) is 0.588. The molecule has 10 heteroatoms. The molecule has 0 aromatic heterocycles. The van der Waals surface area contributed by atoms with E-state index in [1.807, 2.05) is 0 Å². The Hall–Kier alpha value is -2.84. The summed E-state index contributed by atoms with van der Waals surface area (Å²) in [7, 11) is 0. The number of rotatable bonds is 11. The van der Waals surface area contributed by atoms with Gasteiger partial charge in [0.15, 0.2) is 6.61 Å². The Morgan fingerprint density at radius 1 is 0.967 bits per heavy atom. The molecule has 0 spiro atoms. The highest BCUT2D eigenvalue weighted by molar-refractivity contribution is 6.39. The molecule has 2 aromatic carbocycles. The second-order valence-electron chi connectivity index (χ2n) is 6.20. The first-order chi connectivity index (χ1) is 14.4. The standard InChI is InChI=1S/C20H20Cl2N2O6/c21-15-7-5-8-16(22)20(15)23-17-9-2-1-6-14(17)12-18(25)30-13-19(26)29-11-4-3-10-24(27)28/h1-2,5-9,23H,3-4,10-13H2. The smallest absolute Gasteiger partial charge is 0.344 e. The Balaban J connectivity index is 1.84. The molecular formula is C20H20Cl2N2O6. The summed E-state index contributed by atoms with van der Waals surface area (Å²) in [5.74, 6) is -1.32. The van der Waals surface area contributed by atoms with Crippen molar-refractivity contribution in [3.63, 3.8) is 0 Å². The summed E-state index contributed by atoms with van der Waals surface area (Å²) >= 11 is 12.4. The summed E-state index contributed by atoms with van der Waals surface area (Å²) in [6.45, 7) is -0.672. The molecule has 0 saturated heterocycles. The molecule has 0 aliphatic heterocycles. The molecule has 0 bridgehead atoms. The van der Waals surface area contributed by atoms with E-state index in [2.05, 4.69) is 5.32 Å². The fourth-order valence-corrected chi connectivity index (χ4v) is 2.96. The molecule has 2 rings (SSSR count). The first kappa shape index (κ1) is 23.4. The van der Waals surface area contributed by atoms with Crippen LogP contribution in [0.25, 0.3) is 0 Å². The number of nitrogens with one attached hydrogen (secondary N) is 1. The molecule has 1 N–H and O–H groups in total. The lowest BCUT2D eigenvalue weighted by Crippen LogP contribution is -2.18. The van der Waals surface area contributed by atoms with Gasteiger partial charge in [0.05, 0.1) is 28.8 Å². The number of unbranched alkanes of at least 4 members (excludes halogenated alkanes) is 1. The van der Waals surface area contributed by atoms with Gasteiger partial charge in [-0.1, -0.05) is 47.5 Å². The number of hydrogen-bond donors (Lipinski definition) is 1. The summed E-state index contributed by atoms with van der Waals surface area (Å²) in [5.41, 5.74) is 1.77. The van der Waals surface area contributed by atoms with Crippen LogP contribution < -0.4 is 5.32 Å². The summed E-state index contributed by atoms with van der Waals surface area (Å²) in [5, 5.41) is 14.2. The third-order valence-electron chi connectivity index (χ3n) is 3.92. The first-order valence-electron chi connectivity index (χ1n) is 9.09. The van der Waals surface area contributed by atoms with Crippen molar-refractivity contribution < 1.29 is 24.0 Å². The normalized spacial score (nSPS) is 10.3. The topological polar surface area (TPSA) is 108 Å². The summed E-state index contributed by atoms with van der Waals surface area (Å²) in [6, 6.07) is 12.2. The van der Waals surface area contributed by atoms with E-state index in [0.717, 1.165) is 0 Å². The van der Waals surface area contributed by atoms with Gasteiger partial charge in [0, 0.05) is 17.0 Å². The Bertz CT molecular complexity index is 886. The van der Waals surface area contributed by atoms with Crippen molar-refractivity contribution in [3.8, 4) is 0 Å². The van der Waals surface area contributed by atoms with Crippen molar-refractivity contribution in [3.05, 3.63) is 68.2 Å². The van der Waals surface area contributed by atoms with Crippen LogP contribution in [0.5, 0.6) is 0 Å². The van der Waals surface area contributed by atoms with Gasteiger partial charge >= 0.3 is 11.9 Å². The minimum Gasteiger partial charge on any atom is -0.463 e. The van der Waals surface area contributed by atoms with Crippen LogP contribution in [0.2, 0.25) is 10.0 Å². The van der Waals surface area contributed by atoms with Crippen LogP contribution in [0.1, 0.15) is 18.4 Å². The molecule has 160 valence electrons. The molecule has 30 heavy (non-hydrogen) atoms. The number of halogens is 2. The molecule has 0 radical (unpaired) electrons. The van der Waals surface area contributed by atoms with Gasteiger partial charge in [-0.25, -0.2) is 4.79 Å². The van der Waals surface area contributed by atoms with Crippen LogP contribution in [0, 0.1) is 10.1 Å². The van der Waals surface area contributed by atoms with Crippen LogP contribution in [0.3, 0.4) is 0 Å². The van der Waals surface area contributed by atoms with E-state index in [-0.39, 0.29) is 19.6 Å². The fourth-order valence-electron chi connectivity index (χ4n) is 2.46. The van der Waals surface area contributed by atoms with Crippen LogP contribution >= 0.6 is 23.2 Å². The van der Waals surface area contributed by atoms with E-state index >= 15 is 0 Å². The molecule has 8 nitrogen and oxygen atoms in total. The van der Waals surface area contributed by atoms with Crippen LogP contribution in [0.4, 0.5) is 11.4 Å². The van der Waals surface area contributed by atoms with E-state index in [0.29, 0.717) is 39.8 Å². The number of anilines is 2. The van der Waals surface area contributed by atoms with Crippen molar-refractivity contribution in [2.45, 2.75) is 19.3 Å². The molecule has 2 aromatic rings. The van der Waals surface area contributed by atoms with Crippen LogP contribution in [0.15, 0.2) is 42.5 Å². The molecule has 0 amide bonds. The molecule has 0 fully saturated rings. The van der Waals surface area contributed by atoms with Gasteiger partial charge in [0.1, 0.15) is 0 Å². The van der Waals surface area contributed by atoms with Crippen molar-refractivity contribution in [2.24, 2.45) is 0 Å². The average molecular weight is 455 g/mol. The zero-order valence-electron chi connectivity index (χ0n) is 15.9. The van der Waals surface area contributed by atoms with E-state index in [9.17, 15) is 19.7 Å². The van der Waals surface area contributed by atoms with Gasteiger partial charge < -0.3 is 14.8 Å². The van der Waals surface area contributed by atoms with Crippen molar-refractivity contribution in [2.75, 3.05) is 25.1 Å². The van der Waals surface area contributed by atoms with Gasteiger partial charge in [0.25, 0.3) is 0 Å². The Labute approximate surface area is 183 Å². The van der Waals surface area contributed by atoms with Gasteiger partial charge in [-0.2, -0.15) is 0 Å². The number of carbonyl (C=O) groups is 2. The van der Waals surface area contributed by atoms with Crippen LogP contribution in [-0.2, 0) is 25.5 Å². The third kappa shape index (κ3) is 7.88. The minimum atomic E-state index is -0.710. The largest absolute Gasteiger partial charge is 0.463 e. The van der Waals surface area contributed by atoms with Gasteiger partial charge in [-0.15, -0.1) is 0 Å². The molecule has 0 unspecified atom stereocenters. The summed E-state index contributed by atoms with van der Waals surface area (Å²) in [4.78, 5) is 33.5. The number of nitro groups is 1. The second kappa shape index (κ2) is 12.0. The SMILES string of the molecule is O=C(COC(=O)Cc1ccccc1Nc1c(Cl)cccc1Cl)OCCCC[N+](=O)[O-]. The predicted octanol–water partition coefficient (Wildman–Crippen LogP) is 4.42. The quantitative estimate of drug-likeness (QED) is 0.231. The highest BCUT2D eigenvalue weighted by atomic mass is 35.5. The molecule has 0 heterocycles.